The lowest BCUT2D eigenvalue weighted by Crippen LogP contribution is -2.27. The van der Waals surface area contributed by atoms with Crippen LogP contribution in [0.1, 0.15) is 29.0 Å². The maximum absolute atomic E-state index is 12.7. The highest BCUT2D eigenvalue weighted by Crippen LogP contribution is 2.22. The Kier molecular flexibility index (Phi) is 4.91. The van der Waals surface area contributed by atoms with E-state index in [4.69, 9.17) is 4.74 Å². The molecular formula is C19H21N3O2. The maximum atomic E-state index is 12.7. The molecule has 24 heavy (non-hydrogen) atoms. The van der Waals surface area contributed by atoms with Crippen molar-refractivity contribution < 1.29 is 9.53 Å². The molecule has 0 aliphatic carbocycles. The summed E-state index contributed by atoms with van der Waals surface area (Å²) in [6.45, 7) is 3.24. The highest BCUT2D eigenvalue weighted by Gasteiger charge is 2.17. The van der Waals surface area contributed by atoms with E-state index in [0.717, 1.165) is 16.6 Å². The second-order valence-corrected chi connectivity index (χ2v) is 5.70. The Morgan fingerprint density at radius 1 is 1.25 bits per heavy atom. The number of nitrogens with zero attached hydrogens (tertiary/aromatic N) is 2. The number of carbonyl (C=O) groups is 1. The van der Waals surface area contributed by atoms with Gasteiger partial charge in [0.25, 0.3) is 5.91 Å². The second kappa shape index (κ2) is 7.27. The molecule has 1 amide bonds. The minimum Gasteiger partial charge on any atom is -0.383 e. The summed E-state index contributed by atoms with van der Waals surface area (Å²) in [5, 5.41) is 3.97. The van der Waals surface area contributed by atoms with Gasteiger partial charge in [0, 0.05) is 37.0 Å². The average Bonchev–Trinajstić information content (AvgIpc) is 2.99. The number of benzene rings is 1. The van der Waals surface area contributed by atoms with Crippen LogP contribution < -0.4 is 5.32 Å². The molecule has 1 atom stereocenters. The predicted molar refractivity (Wildman–Crippen MR) is 93.9 cm³/mol. The topological polar surface area (TPSA) is 56.1 Å². The average molecular weight is 323 g/mol. The third-order valence-corrected chi connectivity index (χ3v) is 4.05. The molecule has 0 spiro atoms. The second-order valence-electron chi connectivity index (χ2n) is 5.70. The minimum atomic E-state index is -0.153. The Morgan fingerprint density at radius 2 is 2.04 bits per heavy atom. The van der Waals surface area contributed by atoms with Gasteiger partial charge in [-0.3, -0.25) is 9.78 Å². The molecule has 0 saturated carbocycles. The molecule has 0 saturated heterocycles. The highest BCUT2D eigenvalue weighted by atomic mass is 16.5. The van der Waals surface area contributed by atoms with Crippen LogP contribution in [0.2, 0.25) is 0 Å². The van der Waals surface area contributed by atoms with E-state index in [1.165, 1.54) is 0 Å². The van der Waals surface area contributed by atoms with Gasteiger partial charge in [-0.15, -0.1) is 0 Å². The number of ether oxygens (including phenoxy) is 1. The van der Waals surface area contributed by atoms with Crippen LogP contribution >= 0.6 is 0 Å². The minimum absolute atomic E-state index is 0.0967. The first-order valence-corrected chi connectivity index (χ1v) is 7.99. The largest absolute Gasteiger partial charge is 0.383 e. The zero-order valence-corrected chi connectivity index (χ0v) is 13.9. The molecule has 0 bridgehead atoms. The lowest BCUT2D eigenvalue weighted by molar-refractivity contribution is 0.0940. The van der Waals surface area contributed by atoms with E-state index in [2.05, 4.69) is 14.9 Å². The Labute approximate surface area is 141 Å². The van der Waals surface area contributed by atoms with Crippen molar-refractivity contribution in [2.45, 2.75) is 19.5 Å². The quantitative estimate of drug-likeness (QED) is 0.758. The van der Waals surface area contributed by atoms with Crippen molar-refractivity contribution in [2.75, 3.05) is 13.7 Å². The standard InChI is InChI=1S/C19H21N3O2/c1-14(17-8-5-6-10-20-17)21-19(23)16-13-22(11-12-24-2)18-9-4-3-7-15(16)18/h3-10,13-14H,11-12H2,1-2H3,(H,21,23)/t14-/m1/s1. The van der Waals surface area contributed by atoms with E-state index in [9.17, 15) is 4.79 Å². The fourth-order valence-corrected chi connectivity index (χ4v) is 2.78. The normalized spacial score (nSPS) is 12.2. The lowest BCUT2D eigenvalue weighted by Gasteiger charge is -2.12. The molecule has 2 heterocycles. The van der Waals surface area contributed by atoms with Crippen molar-refractivity contribution in [1.82, 2.24) is 14.9 Å². The fraction of sp³-hybridized carbons (Fsp3) is 0.263. The van der Waals surface area contributed by atoms with Crippen LogP contribution in [0, 0.1) is 0 Å². The number of fused-ring (bicyclic) bond motifs is 1. The van der Waals surface area contributed by atoms with E-state index < -0.39 is 0 Å². The Bertz CT molecular complexity index is 827. The number of pyridine rings is 1. The van der Waals surface area contributed by atoms with Gasteiger partial charge in [0.1, 0.15) is 0 Å². The van der Waals surface area contributed by atoms with E-state index in [1.807, 2.05) is 55.6 Å². The van der Waals surface area contributed by atoms with E-state index in [1.54, 1.807) is 13.3 Å². The van der Waals surface area contributed by atoms with Gasteiger partial charge >= 0.3 is 0 Å². The lowest BCUT2D eigenvalue weighted by atomic mass is 10.1. The van der Waals surface area contributed by atoms with Crippen molar-refractivity contribution in [3.05, 3.63) is 66.1 Å². The van der Waals surface area contributed by atoms with Gasteiger partial charge in [-0.1, -0.05) is 24.3 Å². The van der Waals surface area contributed by atoms with Gasteiger partial charge in [-0.05, 0) is 25.1 Å². The molecule has 3 rings (SSSR count). The molecule has 0 fully saturated rings. The number of hydrogen-bond acceptors (Lipinski definition) is 3. The number of aromatic nitrogens is 2. The summed E-state index contributed by atoms with van der Waals surface area (Å²) in [4.78, 5) is 17.0. The first kappa shape index (κ1) is 16.2. The van der Waals surface area contributed by atoms with Gasteiger partial charge in [-0.25, -0.2) is 0 Å². The number of hydrogen-bond donors (Lipinski definition) is 1. The van der Waals surface area contributed by atoms with Gasteiger partial charge in [0.05, 0.1) is 23.9 Å². The smallest absolute Gasteiger partial charge is 0.253 e. The van der Waals surface area contributed by atoms with Crippen molar-refractivity contribution in [3.63, 3.8) is 0 Å². The summed E-state index contributed by atoms with van der Waals surface area (Å²) in [7, 11) is 1.67. The van der Waals surface area contributed by atoms with E-state index in [-0.39, 0.29) is 11.9 Å². The Morgan fingerprint density at radius 3 is 2.79 bits per heavy atom. The van der Waals surface area contributed by atoms with Crippen LogP contribution in [0.25, 0.3) is 10.9 Å². The number of amides is 1. The van der Waals surface area contributed by atoms with Gasteiger partial charge in [0.2, 0.25) is 0 Å². The summed E-state index contributed by atoms with van der Waals surface area (Å²) in [5.41, 5.74) is 2.55. The SMILES string of the molecule is COCCn1cc(C(=O)N[C@H](C)c2ccccn2)c2ccccc21. The Balaban J connectivity index is 1.87. The molecule has 124 valence electrons. The number of carbonyl (C=O) groups excluding carboxylic acids is 1. The van der Waals surface area contributed by atoms with Crippen LogP contribution in [-0.4, -0.2) is 29.2 Å². The molecule has 5 heteroatoms. The molecule has 5 nitrogen and oxygen atoms in total. The highest BCUT2D eigenvalue weighted by molar-refractivity contribution is 6.07. The van der Waals surface area contributed by atoms with Gasteiger partial charge in [0.15, 0.2) is 0 Å². The Hall–Kier alpha value is -2.66. The van der Waals surface area contributed by atoms with Crippen LogP contribution in [0.15, 0.2) is 54.9 Å². The molecular weight excluding hydrogens is 302 g/mol. The van der Waals surface area contributed by atoms with E-state index >= 15 is 0 Å². The zero-order valence-electron chi connectivity index (χ0n) is 13.9. The fourth-order valence-electron chi connectivity index (χ4n) is 2.78. The van der Waals surface area contributed by atoms with E-state index in [0.29, 0.717) is 18.7 Å². The summed E-state index contributed by atoms with van der Waals surface area (Å²) in [6.07, 6.45) is 3.62. The van der Waals surface area contributed by atoms with Crippen molar-refractivity contribution in [3.8, 4) is 0 Å². The molecule has 0 aliphatic heterocycles. The molecule has 0 aliphatic rings. The zero-order chi connectivity index (χ0) is 16.9. The molecule has 2 aromatic heterocycles. The monoisotopic (exact) mass is 323 g/mol. The van der Waals surface area contributed by atoms with Crippen molar-refractivity contribution >= 4 is 16.8 Å². The molecule has 0 unspecified atom stereocenters. The van der Waals surface area contributed by atoms with Gasteiger partial charge in [-0.2, -0.15) is 0 Å². The maximum Gasteiger partial charge on any atom is 0.253 e. The molecule has 1 aromatic carbocycles. The van der Waals surface area contributed by atoms with Crippen LogP contribution in [0.4, 0.5) is 0 Å². The van der Waals surface area contributed by atoms with Crippen molar-refractivity contribution in [2.24, 2.45) is 0 Å². The number of rotatable bonds is 6. The summed E-state index contributed by atoms with van der Waals surface area (Å²) in [5.74, 6) is -0.0967. The first-order chi connectivity index (χ1) is 11.7. The van der Waals surface area contributed by atoms with Crippen LogP contribution in [0.5, 0.6) is 0 Å². The third kappa shape index (κ3) is 3.31. The summed E-state index contributed by atoms with van der Waals surface area (Å²) < 4.78 is 7.21. The van der Waals surface area contributed by atoms with Gasteiger partial charge < -0.3 is 14.6 Å². The van der Waals surface area contributed by atoms with Crippen LogP contribution in [0.3, 0.4) is 0 Å². The van der Waals surface area contributed by atoms with Crippen molar-refractivity contribution in [1.29, 1.82) is 0 Å². The molecule has 1 N–H and O–H groups in total. The third-order valence-electron chi connectivity index (χ3n) is 4.05. The predicted octanol–water partition coefficient (Wildman–Crippen LogP) is 3.17. The summed E-state index contributed by atoms with van der Waals surface area (Å²) in [6, 6.07) is 13.4. The molecule has 0 radical (unpaired) electrons. The van der Waals surface area contributed by atoms with Crippen LogP contribution in [-0.2, 0) is 11.3 Å². The summed E-state index contributed by atoms with van der Waals surface area (Å²) >= 11 is 0. The first-order valence-electron chi connectivity index (χ1n) is 7.99. The number of para-hydroxylation sites is 1. The number of methoxy groups -OCH3 is 1. The molecule has 3 aromatic rings. The number of nitrogens with one attached hydrogen (secondary N) is 1.